The standard InChI is InChI=1S/C9H16N2/c1-3-4-5-9(2)8-11-7-6-10/h5-8H,3-4,10H2,1-2H3/b7-6-,9-5+,11-8+. The van der Waals surface area contributed by atoms with Crippen LogP contribution in [0.5, 0.6) is 0 Å². The summed E-state index contributed by atoms with van der Waals surface area (Å²) in [6, 6.07) is 0. The molecule has 11 heavy (non-hydrogen) atoms. The van der Waals surface area contributed by atoms with E-state index >= 15 is 0 Å². The number of nitrogens with two attached hydrogens (primary N) is 1. The fourth-order valence-electron chi connectivity index (χ4n) is 0.635. The second kappa shape index (κ2) is 7.06. The molecular formula is C9H16N2. The molecule has 2 nitrogen and oxygen atoms in total. The van der Waals surface area contributed by atoms with E-state index in [9.17, 15) is 0 Å². The molecule has 0 aromatic heterocycles. The van der Waals surface area contributed by atoms with Gasteiger partial charge in [-0.3, -0.25) is 4.99 Å². The Labute approximate surface area is 68.5 Å². The summed E-state index contributed by atoms with van der Waals surface area (Å²) in [6.45, 7) is 4.18. The number of unbranched alkanes of at least 4 members (excludes halogenated alkanes) is 1. The van der Waals surface area contributed by atoms with E-state index in [1.165, 1.54) is 18.2 Å². The smallest absolute Gasteiger partial charge is 0.0422 e. The van der Waals surface area contributed by atoms with Crippen LogP contribution in [0.3, 0.4) is 0 Å². The Morgan fingerprint density at radius 3 is 2.82 bits per heavy atom. The number of hydrogen-bond acceptors (Lipinski definition) is 2. The Morgan fingerprint density at radius 2 is 2.27 bits per heavy atom. The first-order chi connectivity index (χ1) is 5.31. The topological polar surface area (TPSA) is 38.4 Å². The molecule has 0 radical (unpaired) electrons. The maximum absolute atomic E-state index is 5.10. The third kappa shape index (κ3) is 6.84. The predicted octanol–water partition coefficient (Wildman–Crippen LogP) is 2.23. The Balaban J connectivity index is 3.74. The van der Waals surface area contributed by atoms with E-state index in [-0.39, 0.29) is 0 Å². The van der Waals surface area contributed by atoms with Gasteiger partial charge in [-0.15, -0.1) is 0 Å². The van der Waals surface area contributed by atoms with Crippen LogP contribution in [-0.2, 0) is 0 Å². The fourth-order valence-corrected chi connectivity index (χ4v) is 0.635. The molecule has 0 saturated carbocycles. The summed E-state index contributed by atoms with van der Waals surface area (Å²) in [6.07, 6.45) is 9.25. The minimum absolute atomic E-state index is 1.12. The van der Waals surface area contributed by atoms with Gasteiger partial charge in [-0.25, -0.2) is 0 Å². The van der Waals surface area contributed by atoms with Crippen LogP contribution in [-0.4, -0.2) is 6.21 Å². The zero-order chi connectivity index (χ0) is 8.53. The van der Waals surface area contributed by atoms with Gasteiger partial charge in [0.25, 0.3) is 0 Å². The first-order valence-electron chi connectivity index (χ1n) is 3.88. The molecular weight excluding hydrogens is 136 g/mol. The Morgan fingerprint density at radius 1 is 1.55 bits per heavy atom. The molecule has 0 unspecified atom stereocenters. The minimum atomic E-state index is 1.12. The van der Waals surface area contributed by atoms with Crippen molar-refractivity contribution in [1.29, 1.82) is 0 Å². The van der Waals surface area contributed by atoms with Crippen molar-refractivity contribution in [3.8, 4) is 0 Å². The number of hydrogen-bond donors (Lipinski definition) is 1. The number of rotatable bonds is 4. The van der Waals surface area contributed by atoms with Crippen LogP contribution < -0.4 is 5.73 Å². The van der Waals surface area contributed by atoms with Crippen molar-refractivity contribution in [2.24, 2.45) is 10.7 Å². The van der Waals surface area contributed by atoms with Crippen LogP contribution in [0.2, 0.25) is 0 Å². The first-order valence-corrected chi connectivity index (χ1v) is 3.88. The second-order valence-corrected chi connectivity index (χ2v) is 2.36. The number of allylic oxidation sites excluding steroid dienone is 2. The van der Waals surface area contributed by atoms with Crippen molar-refractivity contribution < 1.29 is 0 Å². The van der Waals surface area contributed by atoms with E-state index < -0.39 is 0 Å². The summed E-state index contributed by atoms with van der Waals surface area (Å²) in [5.74, 6) is 0. The normalized spacial score (nSPS) is 13.5. The molecule has 2 heteroatoms. The molecule has 0 bridgehead atoms. The van der Waals surface area contributed by atoms with Crippen LogP contribution in [0.4, 0.5) is 0 Å². The van der Waals surface area contributed by atoms with Gasteiger partial charge in [0.1, 0.15) is 0 Å². The molecule has 0 aliphatic heterocycles. The lowest BCUT2D eigenvalue weighted by Gasteiger charge is -1.88. The Kier molecular flexibility index (Phi) is 6.39. The van der Waals surface area contributed by atoms with Gasteiger partial charge >= 0.3 is 0 Å². The minimum Gasteiger partial charge on any atom is -0.403 e. The molecule has 0 aliphatic carbocycles. The average molecular weight is 152 g/mol. The third-order valence-electron chi connectivity index (χ3n) is 1.21. The summed E-state index contributed by atoms with van der Waals surface area (Å²) < 4.78 is 0. The molecule has 0 aromatic carbocycles. The van der Waals surface area contributed by atoms with Crippen LogP contribution in [0.15, 0.2) is 29.0 Å². The first kappa shape index (κ1) is 9.95. The predicted molar refractivity (Wildman–Crippen MR) is 50.5 cm³/mol. The highest BCUT2D eigenvalue weighted by Crippen LogP contribution is 1.94. The van der Waals surface area contributed by atoms with Gasteiger partial charge in [-0.2, -0.15) is 0 Å². The van der Waals surface area contributed by atoms with Crippen molar-refractivity contribution in [3.63, 3.8) is 0 Å². The van der Waals surface area contributed by atoms with E-state index in [0.29, 0.717) is 0 Å². The molecule has 0 atom stereocenters. The summed E-state index contributed by atoms with van der Waals surface area (Å²) >= 11 is 0. The lowest BCUT2D eigenvalue weighted by Crippen LogP contribution is -1.78. The number of aliphatic imine (C=N–C) groups is 1. The van der Waals surface area contributed by atoms with Crippen molar-refractivity contribution in [2.75, 3.05) is 0 Å². The van der Waals surface area contributed by atoms with E-state index in [1.54, 1.807) is 12.4 Å². The summed E-state index contributed by atoms with van der Waals surface area (Å²) in [4.78, 5) is 3.94. The molecule has 62 valence electrons. The fraction of sp³-hybridized carbons (Fsp3) is 0.444. The van der Waals surface area contributed by atoms with Gasteiger partial charge in [0.05, 0.1) is 0 Å². The SMILES string of the molecule is CCC/C=C(C)/C=N/C=C\N. The molecule has 0 heterocycles. The van der Waals surface area contributed by atoms with Crippen LogP contribution >= 0.6 is 0 Å². The van der Waals surface area contributed by atoms with Crippen LogP contribution in [0, 0.1) is 0 Å². The lowest BCUT2D eigenvalue weighted by atomic mass is 10.2. The largest absolute Gasteiger partial charge is 0.403 e. The van der Waals surface area contributed by atoms with E-state index in [0.717, 1.165) is 6.42 Å². The third-order valence-corrected chi connectivity index (χ3v) is 1.21. The highest BCUT2D eigenvalue weighted by atomic mass is 14.7. The summed E-state index contributed by atoms with van der Waals surface area (Å²) in [7, 11) is 0. The molecule has 2 N–H and O–H groups in total. The highest BCUT2D eigenvalue weighted by molar-refractivity contribution is 5.77. The van der Waals surface area contributed by atoms with Gasteiger partial charge in [0.2, 0.25) is 0 Å². The summed E-state index contributed by atoms with van der Waals surface area (Å²) in [5.41, 5.74) is 6.29. The molecule has 0 rings (SSSR count). The second-order valence-electron chi connectivity index (χ2n) is 2.36. The van der Waals surface area contributed by atoms with Gasteiger partial charge in [0.15, 0.2) is 0 Å². The molecule has 0 aromatic rings. The molecule has 0 amide bonds. The zero-order valence-corrected chi connectivity index (χ0v) is 7.25. The van der Waals surface area contributed by atoms with Crippen molar-refractivity contribution in [3.05, 3.63) is 24.0 Å². The molecule has 0 fully saturated rings. The molecule has 0 saturated heterocycles. The van der Waals surface area contributed by atoms with Crippen molar-refractivity contribution in [1.82, 2.24) is 0 Å². The zero-order valence-electron chi connectivity index (χ0n) is 7.25. The molecule has 0 spiro atoms. The van der Waals surface area contributed by atoms with Crippen LogP contribution in [0.1, 0.15) is 26.7 Å². The maximum Gasteiger partial charge on any atom is 0.0422 e. The Bertz CT molecular complexity index is 166. The van der Waals surface area contributed by atoms with E-state index in [1.807, 2.05) is 6.92 Å². The van der Waals surface area contributed by atoms with Gasteiger partial charge in [-0.05, 0) is 18.9 Å². The maximum atomic E-state index is 5.10. The van der Waals surface area contributed by atoms with Crippen LogP contribution in [0.25, 0.3) is 0 Å². The summed E-state index contributed by atoms with van der Waals surface area (Å²) in [5, 5.41) is 0. The Hall–Kier alpha value is -1.05. The van der Waals surface area contributed by atoms with Gasteiger partial charge in [-0.1, -0.05) is 19.4 Å². The van der Waals surface area contributed by atoms with Gasteiger partial charge < -0.3 is 5.73 Å². The van der Waals surface area contributed by atoms with Gasteiger partial charge in [0, 0.05) is 18.6 Å². The average Bonchev–Trinajstić information content (AvgIpc) is 2.01. The van der Waals surface area contributed by atoms with Crippen molar-refractivity contribution >= 4 is 6.21 Å². The molecule has 0 aliphatic rings. The van der Waals surface area contributed by atoms with E-state index in [2.05, 4.69) is 18.0 Å². The van der Waals surface area contributed by atoms with Crippen molar-refractivity contribution in [2.45, 2.75) is 26.7 Å². The van der Waals surface area contributed by atoms with E-state index in [4.69, 9.17) is 5.73 Å². The highest BCUT2D eigenvalue weighted by Gasteiger charge is 1.79. The number of nitrogens with zero attached hydrogens (tertiary/aromatic N) is 1. The quantitative estimate of drug-likeness (QED) is 0.616. The lowest BCUT2D eigenvalue weighted by molar-refractivity contribution is 0.954. The monoisotopic (exact) mass is 152 g/mol.